The molecular weight excluding hydrogens is 476 g/mol. The van der Waals surface area contributed by atoms with Crippen molar-refractivity contribution in [2.45, 2.75) is 31.2 Å². The van der Waals surface area contributed by atoms with E-state index in [1.54, 1.807) is 23.5 Å². The Morgan fingerprint density at radius 3 is 2.48 bits per heavy atom. The first kappa shape index (κ1) is 24.0. The van der Waals surface area contributed by atoms with Gasteiger partial charge in [-0.05, 0) is 59.2 Å². The summed E-state index contributed by atoms with van der Waals surface area (Å²) in [4.78, 5) is 16.9. The third-order valence-electron chi connectivity index (χ3n) is 5.73. The molecule has 1 aliphatic rings. The maximum Gasteiger partial charge on any atom is 0.243 e. The molecular formula is C25H27ClN2O3S2. The van der Waals surface area contributed by atoms with Gasteiger partial charge in [-0.2, -0.15) is 4.31 Å². The van der Waals surface area contributed by atoms with Gasteiger partial charge >= 0.3 is 0 Å². The Kier molecular flexibility index (Phi) is 7.24. The van der Waals surface area contributed by atoms with Crippen LogP contribution in [0.3, 0.4) is 0 Å². The van der Waals surface area contributed by atoms with Crippen molar-refractivity contribution >= 4 is 38.9 Å². The van der Waals surface area contributed by atoms with Crippen LogP contribution in [0.15, 0.2) is 70.9 Å². The minimum absolute atomic E-state index is 0.0645. The van der Waals surface area contributed by atoms with Crippen molar-refractivity contribution in [1.29, 1.82) is 0 Å². The highest BCUT2D eigenvalue weighted by Crippen LogP contribution is 2.38. The van der Waals surface area contributed by atoms with Crippen LogP contribution >= 0.6 is 22.9 Å². The largest absolute Gasteiger partial charge is 0.330 e. The second-order valence-electron chi connectivity index (χ2n) is 8.59. The van der Waals surface area contributed by atoms with Crippen LogP contribution in [0.2, 0.25) is 5.02 Å². The summed E-state index contributed by atoms with van der Waals surface area (Å²) in [6.07, 6.45) is 0.774. The number of nitrogens with zero attached hydrogens (tertiary/aromatic N) is 2. The number of benzene rings is 2. The van der Waals surface area contributed by atoms with Crippen molar-refractivity contribution in [2.24, 2.45) is 5.92 Å². The molecule has 174 valence electrons. The topological polar surface area (TPSA) is 57.7 Å². The minimum atomic E-state index is -3.85. The molecule has 2 aromatic carbocycles. The zero-order chi connectivity index (χ0) is 23.6. The van der Waals surface area contributed by atoms with Gasteiger partial charge in [-0.3, -0.25) is 4.79 Å². The number of hydrogen-bond donors (Lipinski definition) is 0. The zero-order valence-corrected chi connectivity index (χ0v) is 21.0. The van der Waals surface area contributed by atoms with E-state index in [4.69, 9.17) is 11.6 Å². The Hall–Kier alpha value is -2.19. The van der Waals surface area contributed by atoms with E-state index in [0.29, 0.717) is 11.6 Å². The summed E-state index contributed by atoms with van der Waals surface area (Å²) in [5.74, 6) is -0.131. The van der Waals surface area contributed by atoms with Crippen molar-refractivity contribution in [2.75, 3.05) is 19.6 Å². The lowest BCUT2D eigenvalue weighted by Crippen LogP contribution is -2.47. The number of sulfonamides is 1. The molecule has 3 aromatic rings. The van der Waals surface area contributed by atoms with E-state index in [1.165, 1.54) is 21.3 Å². The molecule has 0 spiro atoms. The summed E-state index contributed by atoms with van der Waals surface area (Å²) < 4.78 is 28.1. The van der Waals surface area contributed by atoms with Crippen LogP contribution in [0.25, 0.3) is 0 Å². The van der Waals surface area contributed by atoms with E-state index in [0.717, 1.165) is 17.5 Å². The van der Waals surface area contributed by atoms with Gasteiger partial charge in [-0.1, -0.05) is 55.8 Å². The SMILES string of the molecule is CC(C)CN(CC(=O)N1CCc2sccc2C1c1ccccc1)S(=O)(=O)c1ccc(Cl)cc1. The Morgan fingerprint density at radius 2 is 1.82 bits per heavy atom. The molecule has 0 N–H and O–H groups in total. The second-order valence-corrected chi connectivity index (χ2v) is 12.0. The van der Waals surface area contributed by atoms with E-state index >= 15 is 0 Å². The normalized spacial score (nSPS) is 16.3. The van der Waals surface area contributed by atoms with E-state index < -0.39 is 10.0 Å². The van der Waals surface area contributed by atoms with Gasteiger partial charge in [-0.25, -0.2) is 8.42 Å². The maximum atomic E-state index is 13.6. The first-order chi connectivity index (χ1) is 15.8. The Bertz CT molecular complexity index is 1210. The van der Waals surface area contributed by atoms with Gasteiger partial charge in [0.1, 0.15) is 0 Å². The van der Waals surface area contributed by atoms with Crippen LogP contribution in [-0.2, 0) is 21.2 Å². The first-order valence-corrected chi connectivity index (χ1v) is 13.6. The zero-order valence-electron chi connectivity index (χ0n) is 18.6. The van der Waals surface area contributed by atoms with Crippen LogP contribution in [-0.4, -0.2) is 43.2 Å². The molecule has 8 heteroatoms. The summed E-state index contributed by atoms with van der Waals surface area (Å²) in [6.45, 7) is 4.50. The van der Waals surface area contributed by atoms with Gasteiger partial charge in [0, 0.05) is 23.0 Å². The van der Waals surface area contributed by atoms with E-state index in [-0.39, 0.29) is 35.9 Å². The fourth-order valence-electron chi connectivity index (χ4n) is 4.23. The average molecular weight is 503 g/mol. The Labute approximate surface area is 204 Å². The van der Waals surface area contributed by atoms with Crippen molar-refractivity contribution in [3.05, 3.63) is 87.1 Å². The van der Waals surface area contributed by atoms with Crippen molar-refractivity contribution in [3.63, 3.8) is 0 Å². The monoisotopic (exact) mass is 502 g/mol. The van der Waals surface area contributed by atoms with Crippen LogP contribution in [0, 0.1) is 5.92 Å². The summed E-state index contributed by atoms with van der Waals surface area (Å²) in [5.41, 5.74) is 2.16. The third kappa shape index (κ3) is 5.17. The summed E-state index contributed by atoms with van der Waals surface area (Å²) in [6, 6.07) is 17.9. The van der Waals surface area contributed by atoms with Gasteiger partial charge in [0.2, 0.25) is 15.9 Å². The number of halogens is 1. The number of rotatable bonds is 7. The Morgan fingerprint density at radius 1 is 1.12 bits per heavy atom. The predicted molar refractivity (Wildman–Crippen MR) is 133 cm³/mol. The molecule has 1 amide bonds. The highest BCUT2D eigenvalue weighted by atomic mass is 35.5. The number of carbonyl (C=O) groups excluding carboxylic acids is 1. The van der Waals surface area contributed by atoms with Gasteiger partial charge in [0.05, 0.1) is 17.5 Å². The fourth-order valence-corrected chi connectivity index (χ4v) is 6.81. The summed E-state index contributed by atoms with van der Waals surface area (Å²) >= 11 is 7.66. The standard InChI is InChI=1S/C25H27ClN2O3S2/c1-18(2)16-27(33(30,31)21-10-8-20(26)9-11-21)17-24(29)28-14-12-23-22(13-15-32-23)25(28)19-6-4-3-5-7-19/h3-11,13,15,18,25H,12,14,16-17H2,1-2H3. The van der Waals surface area contributed by atoms with Crippen molar-refractivity contribution in [1.82, 2.24) is 9.21 Å². The lowest BCUT2D eigenvalue weighted by Gasteiger charge is -2.37. The fraction of sp³-hybridized carbons (Fsp3) is 0.320. The second kappa shape index (κ2) is 9.97. The summed E-state index contributed by atoms with van der Waals surface area (Å²) in [7, 11) is -3.85. The van der Waals surface area contributed by atoms with Crippen LogP contribution < -0.4 is 0 Å². The van der Waals surface area contributed by atoms with Crippen LogP contribution in [0.4, 0.5) is 0 Å². The molecule has 1 aliphatic heterocycles. The number of fused-ring (bicyclic) bond motifs is 1. The molecule has 4 rings (SSSR count). The molecule has 0 saturated heterocycles. The maximum absolute atomic E-state index is 13.6. The van der Waals surface area contributed by atoms with Crippen molar-refractivity contribution in [3.8, 4) is 0 Å². The minimum Gasteiger partial charge on any atom is -0.330 e. The van der Waals surface area contributed by atoms with Crippen LogP contribution in [0.1, 0.15) is 35.9 Å². The number of hydrogen-bond acceptors (Lipinski definition) is 4. The highest BCUT2D eigenvalue weighted by Gasteiger charge is 2.35. The summed E-state index contributed by atoms with van der Waals surface area (Å²) in [5, 5.41) is 2.52. The molecule has 1 atom stereocenters. The quantitative estimate of drug-likeness (QED) is 0.445. The molecule has 33 heavy (non-hydrogen) atoms. The van der Waals surface area contributed by atoms with E-state index in [2.05, 4.69) is 11.4 Å². The lowest BCUT2D eigenvalue weighted by atomic mass is 9.93. The third-order valence-corrected chi connectivity index (χ3v) is 8.81. The Balaban J connectivity index is 1.65. The predicted octanol–water partition coefficient (Wildman–Crippen LogP) is 5.22. The molecule has 2 heterocycles. The van der Waals surface area contributed by atoms with Gasteiger partial charge in [0.15, 0.2) is 0 Å². The molecule has 0 saturated carbocycles. The van der Waals surface area contributed by atoms with Crippen LogP contribution in [0.5, 0.6) is 0 Å². The molecule has 5 nitrogen and oxygen atoms in total. The molecule has 0 bridgehead atoms. The molecule has 0 radical (unpaired) electrons. The molecule has 1 unspecified atom stereocenters. The van der Waals surface area contributed by atoms with Crippen molar-refractivity contribution < 1.29 is 13.2 Å². The van der Waals surface area contributed by atoms with Gasteiger partial charge < -0.3 is 4.90 Å². The van der Waals surface area contributed by atoms with E-state index in [9.17, 15) is 13.2 Å². The number of amides is 1. The number of thiophene rings is 1. The van der Waals surface area contributed by atoms with E-state index in [1.807, 2.05) is 49.1 Å². The van der Waals surface area contributed by atoms with Gasteiger partial charge in [-0.15, -0.1) is 11.3 Å². The van der Waals surface area contributed by atoms with Gasteiger partial charge in [0.25, 0.3) is 0 Å². The molecule has 1 aromatic heterocycles. The smallest absolute Gasteiger partial charge is 0.243 e. The average Bonchev–Trinajstić information content (AvgIpc) is 3.27. The lowest BCUT2D eigenvalue weighted by molar-refractivity contribution is -0.133. The molecule has 0 fully saturated rings. The molecule has 0 aliphatic carbocycles. The number of carbonyl (C=O) groups is 1. The highest BCUT2D eigenvalue weighted by molar-refractivity contribution is 7.89. The first-order valence-electron chi connectivity index (χ1n) is 10.9.